The van der Waals surface area contributed by atoms with E-state index < -0.39 is 0 Å². The summed E-state index contributed by atoms with van der Waals surface area (Å²) in [5.41, 5.74) is 1.40. The molecule has 1 aromatic carbocycles. The molecule has 0 bridgehead atoms. The number of nitrogens with one attached hydrogen (secondary N) is 1. The standard InChI is InChI=1S/C14H17NO3/c1-4-12(16)10-6-7-13(18-3)11(8-10)9-15-14(17)5-2/h5-8H,2,4,9H2,1,3H3,(H,15,17). The van der Waals surface area contributed by atoms with Gasteiger partial charge in [0, 0.05) is 24.1 Å². The molecular weight excluding hydrogens is 230 g/mol. The molecule has 4 heteroatoms. The number of ether oxygens (including phenoxy) is 1. The molecule has 0 heterocycles. The first-order valence-electron chi connectivity index (χ1n) is 5.72. The van der Waals surface area contributed by atoms with Gasteiger partial charge in [-0.25, -0.2) is 0 Å². The van der Waals surface area contributed by atoms with Gasteiger partial charge in [0.05, 0.1) is 7.11 Å². The Hall–Kier alpha value is -2.10. The van der Waals surface area contributed by atoms with Crippen molar-refractivity contribution in [1.29, 1.82) is 0 Å². The van der Waals surface area contributed by atoms with Crippen LogP contribution in [0.4, 0.5) is 0 Å². The number of hydrogen-bond donors (Lipinski definition) is 1. The van der Waals surface area contributed by atoms with Crippen LogP contribution in [-0.2, 0) is 11.3 Å². The van der Waals surface area contributed by atoms with Gasteiger partial charge in [-0.3, -0.25) is 9.59 Å². The lowest BCUT2D eigenvalue weighted by molar-refractivity contribution is -0.116. The zero-order valence-corrected chi connectivity index (χ0v) is 10.7. The molecule has 1 amide bonds. The maximum atomic E-state index is 11.6. The van der Waals surface area contributed by atoms with Crippen LogP contribution < -0.4 is 10.1 Å². The van der Waals surface area contributed by atoms with E-state index >= 15 is 0 Å². The van der Waals surface area contributed by atoms with Crippen LogP contribution >= 0.6 is 0 Å². The van der Waals surface area contributed by atoms with Crippen molar-refractivity contribution in [1.82, 2.24) is 5.32 Å². The van der Waals surface area contributed by atoms with Crippen LogP contribution in [0.15, 0.2) is 30.9 Å². The summed E-state index contributed by atoms with van der Waals surface area (Å²) < 4.78 is 5.19. The number of benzene rings is 1. The fourth-order valence-corrected chi connectivity index (χ4v) is 1.55. The van der Waals surface area contributed by atoms with E-state index in [2.05, 4.69) is 11.9 Å². The smallest absolute Gasteiger partial charge is 0.243 e. The van der Waals surface area contributed by atoms with Crippen LogP contribution in [0.25, 0.3) is 0 Å². The van der Waals surface area contributed by atoms with Crippen LogP contribution in [0.5, 0.6) is 5.75 Å². The molecule has 1 N–H and O–H groups in total. The fourth-order valence-electron chi connectivity index (χ4n) is 1.55. The maximum absolute atomic E-state index is 11.6. The van der Waals surface area contributed by atoms with Crippen molar-refractivity contribution < 1.29 is 14.3 Å². The summed E-state index contributed by atoms with van der Waals surface area (Å²) >= 11 is 0. The Morgan fingerprint density at radius 1 is 1.44 bits per heavy atom. The highest BCUT2D eigenvalue weighted by Gasteiger charge is 2.09. The molecule has 96 valence electrons. The van der Waals surface area contributed by atoms with Crippen LogP contribution in [-0.4, -0.2) is 18.8 Å². The second-order valence-electron chi connectivity index (χ2n) is 3.73. The van der Waals surface area contributed by atoms with Crippen LogP contribution in [0.1, 0.15) is 29.3 Å². The van der Waals surface area contributed by atoms with Gasteiger partial charge in [0.25, 0.3) is 0 Å². The first-order chi connectivity index (χ1) is 8.62. The Bertz CT molecular complexity index is 466. The first-order valence-corrected chi connectivity index (χ1v) is 5.72. The molecule has 4 nitrogen and oxygen atoms in total. The normalized spacial score (nSPS) is 9.67. The zero-order chi connectivity index (χ0) is 13.5. The van der Waals surface area contributed by atoms with E-state index in [-0.39, 0.29) is 11.7 Å². The van der Waals surface area contributed by atoms with E-state index in [0.29, 0.717) is 24.3 Å². The van der Waals surface area contributed by atoms with Gasteiger partial charge in [0.1, 0.15) is 5.75 Å². The zero-order valence-electron chi connectivity index (χ0n) is 10.7. The molecule has 0 fully saturated rings. The van der Waals surface area contributed by atoms with E-state index in [0.717, 1.165) is 5.56 Å². The van der Waals surface area contributed by atoms with Crippen LogP contribution in [0.3, 0.4) is 0 Å². The van der Waals surface area contributed by atoms with Crippen molar-refractivity contribution in [2.75, 3.05) is 7.11 Å². The summed E-state index contributed by atoms with van der Waals surface area (Å²) in [6.07, 6.45) is 1.65. The van der Waals surface area contributed by atoms with Gasteiger partial charge >= 0.3 is 0 Å². The lowest BCUT2D eigenvalue weighted by Gasteiger charge is -2.10. The maximum Gasteiger partial charge on any atom is 0.243 e. The summed E-state index contributed by atoms with van der Waals surface area (Å²) in [6.45, 7) is 5.49. The van der Waals surface area contributed by atoms with Gasteiger partial charge < -0.3 is 10.1 Å². The molecule has 0 radical (unpaired) electrons. The summed E-state index contributed by atoms with van der Waals surface area (Å²) in [6, 6.07) is 5.20. The van der Waals surface area contributed by atoms with Gasteiger partial charge in [-0.15, -0.1) is 0 Å². The van der Waals surface area contributed by atoms with Crippen molar-refractivity contribution in [2.24, 2.45) is 0 Å². The van der Waals surface area contributed by atoms with Crippen LogP contribution in [0, 0.1) is 0 Å². The molecule has 0 saturated carbocycles. The van der Waals surface area contributed by atoms with Gasteiger partial charge in [0.15, 0.2) is 5.78 Å². The number of carbonyl (C=O) groups excluding carboxylic acids is 2. The number of rotatable bonds is 6. The number of carbonyl (C=O) groups is 2. The monoisotopic (exact) mass is 247 g/mol. The number of amides is 1. The van der Waals surface area contributed by atoms with E-state index in [4.69, 9.17) is 4.74 Å². The van der Waals surface area contributed by atoms with E-state index in [1.165, 1.54) is 6.08 Å². The minimum atomic E-state index is -0.260. The van der Waals surface area contributed by atoms with Crippen LogP contribution in [0.2, 0.25) is 0 Å². The van der Waals surface area contributed by atoms with Crippen molar-refractivity contribution >= 4 is 11.7 Å². The largest absolute Gasteiger partial charge is 0.496 e. The third-order valence-electron chi connectivity index (χ3n) is 2.56. The number of methoxy groups -OCH3 is 1. The molecule has 0 aliphatic carbocycles. The molecule has 18 heavy (non-hydrogen) atoms. The molecule has 0 unspecified atom stereocenters. The highest BCUT2D eigenvalue weighted by molar-refractivity contribution is 5.96. The minimum Gasteiger partial charge on any atom is -0.496 e. The number of ketones is 1. The quantitative estimate of drug-likeness (QED) is 0.618. The number of hydrogen-bond acceptors (Lipinski definition) is 3. The Morgan fingerprint density at radius 3 is 2.72 bits per heavy atom. The van der Waals surface area contributed by atoms with Crippen molar-refractivity contribution in [2.45, 2.75) is 19.9 Å². The first kappa shape index (κ1) is 14.0. The van der Waals surface area contributed by atoms with Crippen molar-refractivity contribution in [3.63, 3.8) is 0 Å². The highest BCUT2D eigenvalue weighted by Crippen LogP contribution is 2.20. The number of Topliss-reactive ketones (excluding diaryl/α,β-unsaturated/α-hetero) is 1. The van der Waals surface area contributed by atoms with Gasteiger partial charge in [-0.2, -0.15) is 0 Å². The molecule has 0 atom stereocenters. The molecule has 0 aliphatic rings. The topological polar surface area (TPSA) is 55.4 Å². The van der Waals surface area contributed by atoms with Gasteiger partial charge in [0.2, 0.25) is 5.91 Å². The molecular formula is C14H17NO3. The van der Waals surface area contributed by atoms with Crippen molar-refractivity contribution in [3.05, 3.63) is 42.0 Å². The minimum absolute atomic E-state index is 0.0638. The molecule has 0 spiro atoms. The Kier molecular flexibility index (Phi) is 5.11. The fraction of sp³-hybridized carbons (Fsp3) is 0.286. The molecule has 0 saturated heterocycles. The van der Waals surface area contributed by atoms with E-state index in [1.54, 1.807) is 25.3 Å². The second-order valence-corrected chi connectivity index (χ2v) is 3.73. The van der Waals surface area contributed by atoms with Gasteiger partial charge in [-0.05, 0) is 24.3 Å². The van der Waals surface area contributed by atoms with E-state index in [1.807, 2.05) is 6.92 Å². The summed E-state index contributed by atoms with van der Waals surface area (Å²) in [5.74, 6) is 0.449. The summed E-state index contributed by atoms with van der Waals surface area (Å²) in [7, 11) is 1.55. The SMILES string of the molecule is C=CC(=O)NCc1cc(C(=O)CC)ccc1OC. The summed E-state index contributed by atoms with van der Waals surface area (Å²) in [5, 5.41) is 2.66. The third-order valence-corrected chi connectivity index (χ3v) is 2.56. The average molecular weight is 247 g/mol. The molecule has 0 aliphatic heterocycles. The lowest BCUT2D eigenvalue weighted by atomic mass is 10.0. The second kappa shape index (κ2) is 6.59. The highest BCUT2D eigenvalue weighted by atomic mass is 16.5. The predicted octanol–water partition coefficient (Wildman–Crippen LogP) is 2.09. The predicted molar refractivity (Wildman–Crippen MR) is 69.7 cm³/mol. The summed E-state index contributed by atoms with van der Waals surface area (Å²) in [4.78, 5) is 22.7. The Morgan fingerprint density at radius 2 is 2.17 bits per heavy atom. The lowest BCUT2D eigenvalue weighted by Crippen LogP contribution is -2.20. The van der Waals surface area contributed by atoms with Crippen molar-refractivity contribution in [3.8, 4) is 5.75 Å². The Labute approximate surface area is 107 Å². The molecule has 0 aromatic heterocycles. The molecule has 1 aromatic rings. The third kappa shape index (κ3) is 3.45. The Balaban J connectivity index is 2.95. The van der Waals surface area contributed by atoms with E-state index in [9.17, 15) is 9.59 Å². The molecule has 1 rings (SSSR count). The van der Waals surface area contributed by atoms with Gasteiger partial charge in [-0.1, -0.05) is 13.5 Å². The average Bonchev–Trinajstić information content (AvgIpc) is 2.43.